The van der Waals surface area contributed by atoms with E-state index in [1.54, 1.807) is 24.3 Å². The maximum Gasteiger partial charge on any atom is 0.291 e. The van der Waals surface area contributed by atoms with E-state index in [1.807, 2.05) is 12.1 Å². The van der Waals surface area contributed by atoms with Crippen LogP contribution in [0.3, 0.4) is 0 Å². The third-order valence-corrected chi connectivity index (χ3v) is 3.02. The van der Waals surface area contributed by atoms with Crippen molar-refractivity contribution in [3.63, 3.8) is 0 Å². The summed E-state index contributed by atoms with van der Waals surface area (Å²) >= 11 is 0. The van der Waals surface area contributed by atoms with Crippen LogP contribution in [0.4, 0.5) is 0 Å². The summed E-state index contributed by atoms with van der Waals surface area (Å²) in [5.41, 5.74) is 0.225. The van der Waals surface area contributed by atoms with Crippen LogP contribution in [-0.2, 0) is 0 Å². The van der Waals surface area contributed by atoms with Crippen LogP contribution < -0.4 is 15.1 Å². The molecule has 0 aliphatic heterocycles. The lowest BCUT2D eigenvalue weighted by Gasteiger charge is -2.09. The highest BCUT2D eigenvalue weighted by molar-refractivity contribution is 5.84. The molecule has 2 heterocycles. The van der Waals surface area contributed by atoms with Crippen molar-refractivity contribution in [3.05, 3.63) is 46.8 Å². The van der Waals surface area contributed by atoms with Gasteiger partial charge in [0.1, 0.15) is 12.8 Å². The van der Waals surface area contributed by atoms with Gasteiger partial charge in [-0.25, -0.2) is 0 Å². The first-order chi connectivity index (χ1) is 9.74. The lowest BCUT2D eigenvalue weighted by molar-refractivity contribution is 0.161. The predicted octanol–water partition coefficient (Wildman–Crippen LogP) is 1.72. The normalized spacial score (nSPS) is 10.7. The molecule has 0 unspecified atom stereocenters. The van der Waals surface area contributed by atoms with E-state index in [0.717, 1.165) is 5.39 Å². The van der Waals surface area contributed by atoms with E-state index in [0.29, 0.717) is 22.7 Å². The number of pyridine rings is 1. The molecular weight excluding hydrogens is 260 g/mol. The summed E-state index contributed by atoms with van der Waals surface area (Å²) in [6.07, 6.45) is 0. The van der Waals surface area contributed by atoms with Gasteiger partial charge in [0.25, 0.3) is 11.4 Å². The van der Waals surface area contributed by atoms with E-state index in [2.05, 4.69) is 5.16 Å². The Bertz CT molecular complexity index is 819. The van der Waals surface area contributed by atoms with E-state index in [9.17, 15) is 4.79 Å². The number of hydrogen-bond acceptors (Lipinski definition) is 5. The van der Waals surface area contributed by atoms with Gasteiger partial charge in [0.05, 0.1) is 18.6 Å². The Morgan fingerprint density at radius 1 is 1.20 bits per heavy atom. The number of nitrogens with zero attached hydrogens (tertiary/aromatic N) is 2. The van der Waals surface area contributed by atoms with Crippen LogP contribution in [0.2, 0.25) is 0 Å². The molecule has 0 spiro atoms. The molecule has 3 aromatic rings. The van der Waals surface area contributed by atoms with Gasteiger partial charge >= 0.3 is 0 Å². The molecule has 0 fully saturated rings. The molecule has 0 saturated heterocycles. The van der Waals surface area contributed by atoms with Crippen LogP contribution in [0.5, 0.6) is 5.88 Å². The second-order valence-electron chi connectivity index (χ2n) is 4.13. The zero-order valence-electron chi connectivity index (χ0n) is 11.0. The number of rotatable bonds is 3. The number of fused-ring (bicyclic) bond motifs is 1. The van der Waals surface area contributed by atoms with Gasteiger partial charge in [-0.2, -0.15) is 0 Å². The molecule has 0 radical (unpaired) electrons. The van der Waals surface area contributed by atoms with Crippen molar-refractivity contribution in [3.8, 4) is 17.3 Å². The van der Waals surface area contributed by atoms with E-state index >= 15 is 0 Å². The smallest absolute Gasteiger partial charge is 0.291 e. The molecule has 0 aliphatic rings. The standard InChI is InChI=1S/C14H12N2O4/c1-18-13-8-12(20-15-13)11-7-9-5-3-4-6-10(9)14(17)16(11)19-2/h3-8H,1-2H3. The summed E-state index contributed by atoms with van der Waals surface area (Å²) in [6, 6.07) is 10.7. The number of ether oxygens (including phenoxy) is 1. The van der Waals surface area contributed by atoms with Gasteiger partial charge in [0.15, 0.2) is 5.76 Å². The van der Waals surface area contributed by atoms with Gasteiger partial charge in [0.2, 0.25) is 0 Å². The van der Waals surface area contributed by atoms with Crippen molar-refractivity contribution >= 4 is 10.8 Å². The molecule has 0 bridgehead atoms. The van der Waals surface area contributed by atoms with E-state index < -0.39 is 0 Å². The Kier molecular flexibility index (Phi) is 2.90. The minimum absolute atomic E-state index is 0.254. The number of methoxy groups -OCH3 is 1. The Hall–Kier alpha value is -2.76. The van der Waals surface area contributed by atoms with Crippen LogP contribution >= 0.6 is 0 Å². The van der Waals surface area contributed by atoms with Gasteiger partial charge in [0, 0.05) is 0 Å². The SMILES string of the molecule is COc1cc(-c2cc3ccccc3c(=O)n2OC)on1. The summed E-state index contributed by atoms with van der Waals surface area (Å²) in [4.78, 5) is 17.5. The second kappa shape index (κ2) is 4.73. The third kappa shape index (κ3) is 1.82. The Balaban J connectivity index is 2.31. The molecule has 0 aliphatic carbocycles. The fourth-order valence-corrected chi connectivity index (χ4v) is 2.07. The summed E-state index contributed by atoms with van der Waals surface area (Å²) < 4.78 is 11.3. The summed E-state index contributed by atoms with van der Waals surface area (Å²) in [6.45, 7) is 0. The van der Waals surface area contributed by atoms with Crippen molar-refractivity contribution in [2.45, 2.75) is 0 Å². The molecule has 3 rings (SSSR count). The summed E-state index contributed by atoms with van der Waals surface area (Å²) in [5, 5.41) is 5.10. The van der Waals surface area contributed by atoms with Crippen LogP contribution in [0.1, 0.15) is 0 Å². The molecule has 6 nitrogen and oxygen atoms in total. The van der Waals surface area contributed by atoms with Crippen molar-refractivity contribution < 1.29 is 14.1 Å². The first-order valence-electron chi connectivity index (χ1n) is 5.95. The minimum Gasteiger partial charge on any atom is -0.479 e. The molecular formula is C14H12N2O4. The lowest BCUT2D eigenvalue weighted by Crippen LogP contribution is -2.26. The number of hydrogen-bond donors (Lipinski definition) is 0. The number of aromatic nitrogens is 2. The van der Waals surface area contributed by atoms with Gasteiger partial charge in [-0.1, -0.05) is 18.2 Å². The lowest BCUT2D eigenvalue weighted by atomic mass is 10.1. The highest BCUT2D eigenvalue weighted by atomic mass is 16.7. The van der Waals surface area contributed by atoms with Crippen LogP contribution in [0.15, 0.2) is 45.7 Å². The van der Waals surface area contributed by atoms with E-state index in [1.165, 1.54) is 19.0 Å². The monoisotopic (exact) mass is 272 g/mol. The average molecular weight is 272 g/mol. The van der Waals surface area contributed by atoms with Crippen molar-refractivity contribution in [1.82, 2.24) is 9.89 Å². The quantitative estimate of drug-likeness (QED) is 0.726. The molecule has 0 atom stereocenters. The third-order valence-electron chi connectivity index (χ3n) is 3.02. The highest BCUT2D eigenvalue weighted by Crippen LogP contribution is 2.24. The molecule has 102 valence electrons. The highest BCUT2D eigenvalue weighted by Gasteiger charge is 2.15. The zero-order chi connectivity index (χ0) is 14.1. The number of benzene rings is 1. The fourth-order valence-electron chi connectivity index (χ4n) is 2.07. The maximum atomic E-state index is 12.4. The summed E-state index contributed by atoms with van der Waals surface area (Å²) in [5.74, 6) is 0.731. The van der Waals surface area contributed by atoms with Gasteiger partial charge < -0.3 is 14.1 Å². The summed E-state index contributed by atoms with van der Waals surface area (Å²) in [7, 11) is 2.92. The molecule has 0 N–H and O–H groups in total. The van der Waals surface area contributed by atoms with Crippen LogP contribution in [0, 0.1) is 0 Å². The maximum absolute atomic E-state index is 12.4. The molecule has 20 heavy (non-hydrogen) atoms. The van der Waals surface area contributed by atoms with E-state index in [-0.39, 0.29) is 5.56 Å². The molecule has 6 heteroatoms. The van der Waals surface area contributed by atoms with Crippen molar-refractivity contribution in [1.29, 1.82) is 0 Å². The predicted molar refractivity (Wildman–Crippen MR) is 72.8 cm³/mol. The van der Waals surface area contributed by atoms with Crippen molar-refractivity contribution in [2.24, 2.45) is 0 Å². The largest absolute Gasteiger partial charge is 0.479 e. The van der Waals surface area contributed by atoms with Crippen LogP contribution in [-0.4, -0.2) is 24.1 Å². The Morgan fingerprint density at radius 3 is 2.70 bits per heavy atom. The second-order valence-corrected chi connectivity index (χ2v) is 4.13. The first-order valence-corrected chi connectivity index (χ1v) is 5.95. The Morgan fingerprint density at radius 2 is 2.00 bits per heavy atom. The van der Waals surface area contributed by atoms with E-state index in [4.69, 9.17) is 14.1 Å². The van der Waals surface area contributed by atoms with Crippen molar-refractivity contribution in [2.75, 3.05) is 14.2 Å². The molecule has 2 aromatic heterocycles. The van der Waals surface area contributed by atoms with Crippen LogP contribution in [0.25, 0.3) is 22.2 Å². The topological polar surface area (TPSA) is 66.5 Å². The van der Waals surface area contributed by atoms with Gasteiger partial charge in [-0.05, 0) is 22.7 Å². The zero-order valence-corrected chi connectivity index (χ0v) is 11.0. The molecule has 0 amide bonds. The molecule has 1 aromatic carbocycles. The van der Waals surface area contributed by atoms with Gasteiger partial charge in [-0.15, -0.1) is 4.73 Å². The van der Waals surface area contributed by atoms with Gasteiger partial charge in [-0.3, -0.25) is 4.79 Å². The Labute approximate surface area is 114 Å². The molecule has 0 saturated carbocycles. The first kappa shape index (κ1) is 12.3. The fraction of sp³-hybridized carbons (Fsp3) is 0.143. The average Bonchev–Trinajstić information content (AvgIpc) is 2.96. The minimum atomic E-state index is -0.254.